The summed E-state index contributed by atoms with van der Waals surface area (Å²) in [7, 11) is 0. The highest BCUT2D eigenvalue weighted by Crippen LogP contribution is 2.20. The number of hydrogen-bond donors (Lipinski definition) is 2. The van der Waals surface area contributed by atoms with E-state index >= 15 is 0 Å². The largest absolute Gasteiger partial charge is 0.492 e. The molecular formula is C15H20N2O2. The summed E-state index contributed by atoms with van der Waals surface area (Å²) in [4.78, 5) is 11.8. The molecule has 2 aliphatic rings. The Morgan fingerprint density at radius 2 is 2.05 bits per heavy atom. The molecule has 1 unspecified atom stereocenters. The van der Waals surface area contributed by atoms with Crippen LogP contribution in [0.25, 0.3) is 0 Å². The molecule has 1 aliphatic heterocycles. The van der Waals surface area contributed by atoms with Gasteiger partial charge >= 0.3 is 0 Å². The Labute approximate surface area is 113 Å². The van der Waals surface area contributed by atoms with Crippen molar-refractivity contribution in [3.05, 3.63) is 29.8 Å². The molecule has 1 atom stereocenters. The lowest BCUT2D eigenvalue weighted by atomic mass is 10.2. The van der Waals surface area contributed by atoms with Gasteiger partial charge in [-0.3, -0.25) is 4.79 Å². The highest BCUT2D eigenvalue weighted by Gasteiger charge is 2.23. The second-order valence-corrected chi connectivity index (χ2v) is 5.38. The molecule has 1 saturated carbocycles. The van der Waals surface area contributed by atoms with Crippen molar-refractivity contribution >= 4 is 5.91 Å². The Bertz CT molecular complexity index is 434. The number of carbonyl (C=O) groups is 1. The van der Waals surface area contributed by atoms with Crippen LogP contribution in [0, 0.1) is 0 Å². The van der Waals surface area contributed by atoms with E-state index in [1.54, 1.807) is 0 Å². The SMILES string of the molecule is O=C(NC1CC1)c1ccc(OCC2CCCN2)cc1. The third-order valence-electron chi connectivity index (χ3n) is 3.64. The van der Waals surface area contributed by atoms with Gasteiger partial charge in [0.05, 0.1) is 0 Å². The van der Waals surface area contributed by atoms with Gasteiger partial charge in [-0.25, -0.2) is 0 Å². The molecule has 0 bridgehead atoms. The van der Waals surface area contributed by atoms with Crippen molar-refractivity contribution < 1.29 is 9.53 Å². The lowest BCUT2D eigenvalue weighted by Gasteiger charge is -2.12. The summed E-state index contributed by atoms with van der Waals surface area (Å²) >= 11 is 0. The summed E-state index contributed by atoms with van der Waals surface area (Å²) in [5.41, 5.74) is 0.707. The first-order chi connectivity index (χ1) is 9.31. The van der Waals surface area contributed by atoms with Crippen LogP contribution in [-0.4, -0.2) is 31.1 Å². The summed E-state index contributed by atoms with van der Waals surface area (Å²) < 4.78 is 5.72. The van der Waals surface area contributed by atoms with Crippen molar-refractivity contribution in [3.63, 3.8) is 0 Å². The minimum atomic E-state index is 0.0199. The zero-order valence-electron chi connectivity index (χ0n) is 11.0. The topological polar surface area (TPSA) is 50.4 Å². The second kappa shape index (κ2) is 5.61. The zero-order chi connectivity index (χ0) is 13.1. The highest BCUT2D eigenvalue weighted by molar-refractivity contribution is 5.94. The van der Waals surface area contributed by atoms with Gasteiger partial charge in [0, 0.05) is 17.6 Å². The van der Waals surface area contributed by atoms with Crippen LogP contribution in [0.1, 0.15) is 36.0 Å². The van der Waals surface area contributed by atoms with Gasteiger partial charge in [0.25, 0.3) is 5.91 Å². The van der Waals surface area contributed by atoms with Crippen LogP contribution in [0.3, 0.4) is 0 Å². The smallest absolute Gasteiger partial charge is 0.251 e. The van der Waals surface area contributed by atoms with E-state index in [-0.39, 0.29) is 5.91 Å². The van der Waals surface area contributed by atoms with E-state index in [0.29, 0.717) is 24.3 Å². The maximum atomic E-state index is 11.8. The summed E-state index contributed by atoms with van der Waals surface area (Å²) in [6.45, 7) is 1.79. The molecule has 0 radical (unpaired) electrons. The Kier molecular flexibility index (Phi) is 3.69. The molecule has 4 nitrogen and oxygen atoms in total. The fourth-order valence-electron chi connectivity index (χ4n) is 2.29. The summed E-state index contributed by atoms with van der Waals surface area (Å²) in [6, 6.07) is 8.27. The number of amides is 1. The van der Waals surface area contributed by atoms with Crippen LogP contribution in [0.15, 0.2) is 24.3 Å². The van der Waals surface area contributed by atoms with Crippen molar-refractivity contribution in [2.75, 3.05) is 13.2 Å². The predicted molar refractivity (Wildman–Crippen MR) is 73.4 cm³/mol. The van der Waals surface area contributed by atoms with Crippen molar-refractivity contribution in [2.24, 2.45) is 0 Å². The van der Waals surface area contributed by atoms with Gasteiger partial charge in [-0.2, -0.15) is 0 Å². The Morgan fingerprint density at radius 3 is 2.68 bits per heavy atom. The van der Waals surface area contributed by atoms with Crippen LogP contribution in [0.5, 0.6) is 5.75 Å². The molecule has 1 aromatic carbocycles. The molecule has 0 aromatic heterocycles. The molecule has 0 spiro atoms. The summed E-state index contributed by atoms with van der Waals surface area (Å²) in [5, 5.41) is 6.37. The van der Waals surface area contributed by atoms with Gasteiger partial charge in [-0.1, -0.05) is 0 Å². The molecule has 1 aromatic rings. The Balaban J connectivity index is 1.51. The molecule has 1 heterocycles. The molecule has 2 fully saturated rings. The number of carbonyl (C=O) groups excluding carboxylic acids is 1. The Morgan fingerprint density at radius 1 is 1.26 bits per heavy atom. The minimum absolute atomic E-state index is 0.0199. The summed E-state index contributed by atoms with van der Waals surface area (Å²) in [6.07, 6.45) is 4.64. The van der Waals surface area contributed by atoms with Crippen LogP contribution >= 0.6 is 0 Å². The van der Waals surface area contributed by atoms with Crippen LogP contribution in [-0.2, 0) is 0 Å². The van der Waals surface area contributed by atoms with E-state index < -0.39 is 0 Å². The first kappa shape index (κ1) is 12.5. The highest BCUT2D eigenvalue weighted by atomic mass is 16.5. The average Bonchev–Trinajstić information content (AvgIpc) is 3.09. The molecule has 19 heavy (non-hydrogen) atoms. The lowest BCUT2D eigenvalue weighted by molar-refractivity contribution is 0.0951. The molecule has 4 heteroatoms. The summed E-state index contributed by atoms with van der Waals surface area (Å²) in [5.74, 6) is 0.850. The van der Waals surface area contributed by atoms with E-state index in [4.69, 9.17) is 4.74 Å². The first-order valence-corrected chi connectivity index (χ1v) is 7.08. The molecule has 1 aliphatic carbocycles. The quantitative estimate of drug-likeness (QED) is 0.847. The fraction of sp³-hybridized carbons (Fsp3) is 0.533. The van der Waals surface area contributed by atoms with Gasteiger partial charge in [0.15, 0.2) is 0 Å². The monoisotopic (exact) mass is 260 g/mol. The second-order valence-electron chi connectivity index (χ2n) is 5.38. The molecule has 1 saturated heterocycles. The maximum Gasteiger partial charge on any atom is 0.251 e. The lowest BCUT2D eigenvalue weighted by Crippen LogP contribution is -2.28. The van der Waals surface area contributed by atoms with E-state index in [1.807, 2.05) is 24.3 Å². The van der Waals surface area contributed by atoms with Crippen molar-refractivity contribution in [2.45, 2.75) is 37.8 Å². The predicted octanol–water partition coefficient (Wildman–Crippen LogP) is 1.71. The molecule has 1 amide bonds. The third-order valence-corrected chi connectivity index (χ3v) is 3.64. The van der Waals surface area contributed by atoms with E-state index in [1.165, 1.54) is 12.8 Å². The maximum absolute atomic E-state index is 11.8. The van der Waals surface area contributed by atoms with E-state index in [0.717, 1.165) is 25.1 Å². The van der Waals surface area contributed by atoms with Gasteiger partial charge in [0.2, 0.25) is 0 Å². The van der Waals surface area contributed by atoms with Crippen LogP contribution in [0.4, 0.5) is 0 Å². The van der Waals surface area contributed by atoms with Crippen molar-refractivity contribution in [1.82, 2.24) is 10.6 Å². The standard InChI is InChI=1S/C15H20N2O2/c18-15(17-12-5-6-12)11-3-7-14(8-4-11)19-10-13-2-1-9-16-13/h3-4,7-8,12-13,16H,1-2,5-6,9-10H2,(H,17,18). The number of nitrogens with one attached hydrogen (secondary N) is 2. The molecule has 3 rings (SSSR count). The zero-order valence-corrected chi connectivity index (χ0v) is 11.0. The van der Waals surface area contributed by atoms with E-state index in [2.05, 4.69) is 10.6 Å². The first-order valence-electron chi connectivity index (χ1n) is 7.08. The van der Waals surface area contributed by atoms with Gasteiger partial charge in [0.1, 0.15) is 12.4 Å². The number of ether oxygens (including phenoxy) is 1. The number of benzene rings is 1. The average molecular weight is 260 g/mol. The normalized spacial score (nSPS) is 22.2. The Hall–Kier alpha value is -1.55. The third kappa shape index (κ3) is 3.47. The van der Waals surface area contributed by atoms with E-state index in [9.17, 15) is 4.79 Å². The van der Waals surface area contributed by atoms with Gasteiger partial charge in [-0.15, -0.1) is 0 Å². The van der Waals surface area contributed by atoms with Gasteiger partial charge < -0.3 is 15.4 Å². The number of hydrogen-bond acceptors (Lipinski definition) is 3. The van der Waals surface area contributed by atoms with Crippen LogP contribution in [0.2, 0.25) is 0 Å². The minimum Gasteiger partial charge on any atom is -0.492 e. The number of rotatable bonds is 5. The van der Waals surface area contributed by atoms with Gasteiger partial charge in [-0.05, 0) is 56.5 Å². The molecule has 2 N–H and O–H groups in total. The molecule has 102 valence electrons. The van der Waals surface area contributed by atoms with Crippen molar-refractivity contribution in [1.29, 1.82) is 0 Å². The fourth-order valence-corrected chi connectivity index (χ4v) is 2.29. The van der Waals surface area contributed by atoms with Crippen LogP contribution < -0.4 is 15.4 Å². The van der Waals surface area contributed by atoms with Crippen molar-refractivity contribution in [3.8, 4) is 5.75 Å². The molecular weight excluding hydrogens is 240 g/mol.